The molecule has 0 radical (unpaired) electrons. The van der Waals surface area contributed by atoms with Crippen molar-refractivity contribution in [1.82, 2.24) is 5.32 Å². The van der Waals surface area contributed by atoms with E-state index in [0.717, 1.165) is 11.7 Å². The van der Waals surface area contributed by atoms with Crippen molar-refractivity contribution in [3.63, 3.8) is 0 Å². The van der Waals surface area contributed by atoms with Crippen molar-refractivity contribution in [3.8, 4) is 0 Å². The Hall–Kier alpha value is -0.710. The van der Waals surface area contributed by atoms with Crippen LogP contribution in [0.2, 0.25) is 0 Å². The van der Waals surface area contributed by atoms with Crippen molar-refractivity contribution in [2.45, 2.75) is 18.6 Å². The molecule has 0 aromatic rings. The lowest BCUT2D eigenvalue weighted by molar-refractivity contribution is -0.140. The average Bonchev–Trinajstić information content (AvgIpc) is 2.51. The van der Waals surface area contributed by atoms with Gasteiger partial charge in [-0.15, -0.1) is 0 Å². The molecule has 1 aliphatic rings. The molecule has 0 spiro atoms. The number of rotatable bonds is 3. The van der Waals surface area contributed by atoms with E-state index in [1.165, 1.54) is 7.11 Å². The Morgan fingerprint density at radius 1 is 1.85 bits per heavy atom. The largest absolute Gasteiger partial charge is 0.469 e. The maximum Gasteiger partial charge on any atom is 0.307 e. The molecule has 4 nitrogen and oxygen atoms in total. The van der Waals surface area contributed by atoms with E-state index in [9.17, 15) is 4.79 Å². The Labute approximate surface area is 82.1 Å². The minimum atomic E-state index is -0.191. The SMILES string of the molecule is COC(=O)CCNC1=NCC(C)S1. The van der Waals surface area contributed by atoms with Gasteiger partial charge in [-0.2, -0.15) is 0 Å². The number of hydrogen-bond donors (Lipinski definition) is 1. The zero-order valence-corrected chi connectivity index (χ0v) is 8.69. The molecule has 0 fully saturated rings. The van der Waals surface area contributed by atoms with Gasteiger partial charge in [0.05, 0.1) is 20.1 Å². The van der Waals surface area contributed by atoms with E-state index in [-0.39, 0.29) is 5.97 Å². The molecule has 5 heteroatoms. The fourth-order valence-corrected chi connectivity index (χ4v) is 1.81. The Morgan fingerprint density at radius 2 is 2.62 bits per heavy atom. The number of thioether (sulfide) groups is 1. The molecule has 1 heterocycles. The van der Waals surface area contributed by atoms with Gasteiger partial charge in [0.25, 0.3) is 0 Å². The molecule has 0 aliphatic carbocycles. The van der Waals surface area contributed by atoms with Crippen molar-refractivity contribution in [2.24, 2.45) is 4.99 Å². The monoisotopic (exact) mass is 202 g/mol. The van der Waals surface area contributed by atoms with Crippen LogP contribution in [-0.4, -0.2) is 36.6 Å². The van der Waals surface area contributed by atoms with E-state index in [4.69, 9.17) is 0 Å². The standard InChI is InChI=1S/C8H14N2O2S/c1-6-5-10-8(13-6)9-4-3-7(11)12-2/h6H,3-5H2,1-2H3,(H,9,10). The highest BCUT2D eigenvalue weighted by Crippen LogP contribution is 2.18. The number of amidine groups is 1. The van der Waals surface area contributed by atoms with Crippen LogP contribution in [0, 0.1) is 0 Å². The van der Waals surface area contributed by atoms with Gasteiger partial charge in [0.15, 0.2) is 5.17 Å². The van der Waals surface area contributed by atoms with Gasteiger partial charge >= 0.3 is 5.97 Å². The second-order valence-corrected chi connectivity index (χ2v) is 4.25. The Morgan fingerprint density at radius 3 is 3.15 bits per heavy atom. The lowest BCUT2D eigenvalue weighted by atomic mass is 10.4. The van der Waals surface area contributed by atoms with Crippen LogP contribution in [0.4, 0.5) is 0 Å². The molecular formula is C8H14N2O2S. The van der Waals surface area contributed by atoms with E-state index in [1.54, 1.807) is 11.8 Å². The number of ether oxygens (including phenoxy) is 1. The van der Waals surface area contributed by atoms with Gasteiger partial charge in [0.1, 0.15) is 0 Å². The smallest absolute Gasteiger partial charge is 0.307 e. The first-order valence-electron chi connectivity index (χ1n) is 4.24. The lowest BCUT2D eigenvalue weighted by Gasteiger charge is -2.04. The van der Waals surface area contributed by atoms with Gasteiger partial charge in [-0.25, -0.2) is 0 Å². The summed E-state index contributed by atoms with van der Waals surface area (Å²) in [6.45, 7) is 3.60. The van der Waals surface area contributed by atoms with Crippen LogP contribution in [0.25, 0.3) is 0 Å². The summed E-state index contributed by atoms with van der Waals surface area (Å²) in [4.78, 5) is 15.0. The molecule has 0 bridgehead atoms. The second kappa shape index (κ2) is 5.11. The van der Waals surface area contributed by atoms with Gasteiger partial charge in [-0.1, -0.05) is 18.7 Å². The van der Waals surface area contributed by atoms with E-state index < -0.39 is 0 Å². The van der Waals surface area contributed by atoms with Crippen molar-refractivity contribution in [2.75, 3.05) is 20.2 Å². The van der Waals surface area contributed by atoms with Gasteiger partial charge in [0.2, 0.25) is 0 Å². The number of nitrogens with one attached hydrogen (secondary N) is 1. The van der Waals surface area contributed by atoms with Crippen LogP contribution in [0.1, 0.15) is 13.3 Å². The number of esters is 1. The van der Waals surface area contributed by atoms with Gasteiger partial charge < -0.3 is 10.1 Å². The molecule has 0 saturated heterocycles. The third-order valence-electron chi connectivity index (χ3n) is 1.64. The molecule has 0 aromatic carbocycles. The van der Waals surface area contributed by atoms with Crippen molar-refractivity contribution < 1.29 is 9.53 Å². The van der Waals surface area contributed by atoms with Crippen LogP contribution in [0.15, 0.2) is 4.99 Å². The van der Waals surface area contributed by atoms with Gasteiger partial charge in [0, 0.05) is 11.8 Å². The molecular weight excluding hydrogens is 188 g/mol. The summed E-state index contributed by atoms with van der Waals surface area (Å²) in [5.41, 5.74) is 0. The first kappa shape index (κ1) is 10.4. The number of aliphatic imine (C=N–C) groups is 1. The summed E-state index contributed by atoms with van der Waals surface area (Å²) in [5.74, 6) is -0.191. The first-order valence-corrected chi connectivity index (χ1v) is 5.12. The normalized spacial score (nSPS) is 21.1. The van der Waals surface area contributed by atoms with E-state index in [2.05, 4.69) is 22.0 Å². The van der Waals surface area contributed by atoms with Crippen LogP contribution in [0.3, 0.4) is 0 Å². The predicted octanol–water partition coefficient (Wildman–Crippen LogP) is 0.630. The quantitative estimate of drug-likeness (QED) is 0.682. The molecule has 13 heavy (non-hydrogen) atoms. The highest BCUT2D eigenvalue weighted by Gasteiger charge is 2.14. The third-order valence-corrected chi connectivity index (χ3v) is 2.69. The molecule has 1 rings (SSSR count). The van der Waals surface area contributed by atoms with Crippen LogP contribution < -0.4 is 5.32 Å². The molecule has 1 N–H and O–H groups in total. The third kappa shape index (κ3) is 3.67. The topological polar surface area (TPSA) is 50.7 Å². The van der Waals surface area contributed by atoms with Crippen LogP contribution in [0.5, 0.6) is 0 Å². The summed E-state index contributed by atoms with van der Waals surface area (Å²) >= 11 is 1.71. The molecule has 1 atom stereocenters. The van der Waals surface area contributed by atoms with E-state index in [1.807, 2.05) is 0 Å². The summed E-state index contributed by atoms with van der Waals surface area (Å²) < 4.78 is 4.51. The first-order chi connectivity index (χ1) is 6.22. The zero-order chi connectivity index (χ0) is 9.68. The summed E-state index contributed by atoms with van der Waals surface area (Å²) in [7, 11) is 1.40. The molecule has 1 aliphatic heterocycles. The highest BCUT2D eigenvalue weighted by molar-refractivity contribution is 8.14. The van der Waals surface area contributed by atoms with Crippen LogP contribution in [-0.2, 0) is 9.53 Å². The second-order valence-electron chi connectivity index (χ2n) is 2.83. The Bertz CT molecular complexity index is 218. The maximum atomic E-state index is 10.7. The average molecular weight is 202 g/mol. The summed E-state index contributed by atoms with van der Waals surface area (Å²) in [5, 5.41) is 4.59. The fraction of sp³-hybridized carbons (Fsp3) is 0.750. The van der Waals surface area contributed by atoms with Crippen molar-refractivity contribution in [1.29, 1.82) is 0 Å². The number of carbonyl (C=O) groups is 1. The Kier molecular flexibility index (Phi) is 4.08. The minimum Gasteiger partial charge on any atom is -0.469 e. The number of methoxy groups -OCH3 is 1. The zero-order valence-electron chi connectivity index (χ0n) is 7.87. The Balaban J connectivity index is 2.10. The molecule has 0 saturated carbocycles. The maximum absolute atomic E-state index is 10.7. The lowest BCUT2D eigenvalue weighted by Crippen LogP contribution is -2.23. The molecule has 74 valence electrons. The molecule has 1 unspecified atom stereocenters. The van der Waals surface area contributed by atoms with Gasteiger partial charge in [-0.05, 0) is 0 Å². The van der Waals surface area contributed by atoms with E-state index >= 15 is 0 Å². The van der Waals surface area contributed by atoms with Gasteiger partial charge in [-0.3, -0.25) is 9.79 Å². The molecule has 0 amide bonds. The summed E-state index contributed by atoms with van der Waals surface area (Å²) in [6, 6.07) is 0. The predicted molar refractivity (Wildman–Crippen MR) is 54.0 cm³/mol. The summed E-state index contributed by atoms with van der Waals surface area (Å²) in [6.07, 6.45) is 0.393. The minimum absolute atomic E-state index is 0.191. The van der Waals surface area contributed by atoms with Crippen molar-refractivity contribution >= 4 is 22.9 Å². The number of hydrogen-bond acceptors (Lipinski definition) is 5. The van der Waals surface area contributed by atoms with Crippen LogP contribution >= 0.6 is 11.8 Å². The van der Waals surface area contributed by atoms with Crippen molar-refractivity contribution in [3.05, 3.63) is 0 Å². The fourth-order valence-electron chi connectivity index (χ4n) is 0.948. The number of nitrogens with zero attached hydrogens (tertiary/aromatic N) is 1. The van der Waals surface area contributed by atoms with E-state index in [0.29, 0.717) is 18.2 Å². The highest BCUT2D eigenvalue weighted by atomic mass is 32.2. The molecule has 0 aromatic heterocycles. The number of carbonyl (C=O) groups excluding carboxylic acids is 1.